The van der Waals surface area contributed by atoms with Gasteiger partial charge in [0.05, 0.1) is 12.7 Å². The highest BCUT2D eigenvalue weighted by atomic mass is 19.4. The molecule has 2 amide bonds. The molecule has 0 aliphatic carbocycles. The van der Waals surface area contributed by atoms with Crippen molar-refractivity contribution in [2.45, 2.75) is 26.1 Å². The van der Waals surface area contributed by atoms with Crippen LogP contribution >= 0.6 is 0 Å². The molecule has 0 saturated carbocycles. The van der Waals surface area contributed by atoms with Gasteiger partial charge in [0.1, 0.15) is 11.8 Å². The van der Waals surface area contributed by atoms with Gasteiger partial charge < -0.3 is 15.4 Å². The van der Waals surface area contributed by atoms with E-state index < -0.39 is 29.6 Å². The average Bonchev–Trinajstić information content (AvgIpc) is 2.65. The van der Waals surface area contributed by atoms with Gasteiger partial charge in [0, 0.05) is 11.3 Å². The van der Waals surface area contributed by atoms with Crippen LogP contribution < -0.4 is 15.4 Å². The quantitative estimate of drug-likeness (QED) is 0.775. The molecule has 2 rings (SSSR count). The number of ether oxygens (including phenoxy) is 1. The molecule has 150 valence electrons. The zero-order valence-corrected chi connectivity index (χ0v) is 15.6. The highest BCUT2D eigenvalue weighted by molar-refractivity contribution is 6.01. The van der Waals surface area contributed by atoms with Crippen LogP contribution in [0.1, 0.15) is 29.8 Å². The van der Waals surface area contributed by atoms with E-state index in [1.54, 1.807) is 38.1 Å². The maximum Gasteiger partial charge on any atom is 0.416 e. The molecule has 0 unspecified atom stereocenters. The van der Waals surface area contributed by atoms with Crippen molar-refractivity contribution in [1.29, 1.82) is 0 Å². The summed E-state index contributed by atoms with van der Waals surface area (Å²) in [7, 11) is 1.50. The van der Waals surface area contributed by atoms with Crippen LogP contribution in [0.5, 0.6) is 5.75 Å². The number of methoxy groups -OCH3 is 1. The molecule has 0 aliphatic rings. The lowest BCUT2D eigenvalue weighted by atomic mass is 10.0. The maximum absolute atomic E-state index is 12.8. The Bertz CT molecular complexity index is 833. The molecule has 0 saturated heterocycles. The minimum absolute atomic E-state index is 0.00386. The van der Waals surface area contributed by atoms with Crippen molar-refractivity contribution in [1.82, 2.24) is 5.32 Å². The first-order valence-corrected chi connectivity index (χ1v) is 8.55. The number of hydrogen-bond acceptors (Lipinski definition) is 3. The molecular weight excluding hydrogens is 373 g/mol. The van der Waals surface area contributed by atoms with Crippen LogP contribution in [0.3, 0.4) is 0 Å². The number of benzene rings is 2. The average molecular weight is 394 g/mol. The second-order valence-electron chi connectivity index (χ2n) is 6.49. The van der Waals surface area contributed by atoms with Gasteiger partial charge in [-0.05, 0) is 48.4 Å². The van der Waals surface area contributed by atoms with Gasteiger partial charge in [-0.1, -0.05) is 19.9 Å². The molecule has 2 aromatic carbocycles. The highest BCUT2D eigenvalue weighted by Gasteiger charge is 2.31. The molecule has 0 bridgehead atoms. The van der Waals surface area contributed by atoms with E-state index in [9.17, 15) is 22.8 Å². The van der Waals surface area contributed by atoms with Crippen molar-refractivity contribution < 1.29 is 27.5 Å². The summed E-state index contributed by atoms with van der Waals surface area (Å²) in [6.07, 6.45) is -4.51. The topological polar surface area (TPSA) is 67.4 Å². The third-order valence-corrected chi connectivity index (χ3v) is 4.05. The molecule has 5 nitrogen and oxygen atoms in total. The number of hydrogen-bond donors (Lipinski definition) is 2. The van der Waals surface area contributed by atoms with Gasteiger partial charge in [0.2, 0.25) is 5.91 Å². The van der Waals surface area contributed by atoms with E-state index in [1.807, 2.05) is 0 Å². The Hall–Kier alpha value is -3.03. The fourth-order valence-corrected chi connectivity index (χ4v) is 2.50. The number of amides is 2. The number of carbonyl (C=O) groups excluding carboxylic acids is 2. The summed E-state index contributed by atoms with van der Waals surface area (Å²) in [6, 6.07) is 9.73. The lowest BCUT2D eigenvalue weighted by Crippen LogP contribution is -2.47. The number of nitrogens with one attached hydrogen (secondary N) is 2. The first-order valence-electron chi connectivity index (χ1n) is 8.55. The Morgan fingerprint density at radius 2 is 1.68 bits per heavy atom. The molecule has 0 spiro atoms. The van der Waals surface area contributed by atoms with Gasteiger partial charge in [-0.2, -0.15) is 13.2 Å². The van der Waals surface area contributed by atoms with Gasteiger partial charge in [0.15, 0.2) is 0 Å². The van der Waals surface area contributed by atoms with Crippen LogP contribution in [0.25, 0.3) is 0 Å². The van der Waals surface area contributed by atoms with Crippen molar-refractivity contribution in [3.8, 4) is 5.75 Å². The predicted molar refractivity (Wildman–Crippen MR) is 99.2 cm³/mol. The summed E-state index contributed by atoms with van der Waals surface area (Å²) < 4.78 is 43.5. The Morgan fingerprint density at radius 3 is 2.21 bits per heavy atom. The molecule has 0 fully saturated rings. The van der Waals surface area contributed by atoms with Gasteiger partial charge in [0.25, 0.3) is 5.91 Å². The van der Waals surface area contributed by atoms with Crippen LogP contribution in [0, 0.1) is 5.92 Å². The summed E-state index contributed by atoms with van der Waals surface area (Å²) in [5.74, 6) is -0.774. The van der Waals surface area contributed by atoms with E-state index in [1.165, 1.54) is 19.2 Å². The van der Waals surface area contributed by atoms with E-state index in [0.29, 0.717) is 11.3 Å². The van der Waals surface area contributed by atoms with E-state index in [-0.39, 0.29) is 11.6 Å². The van der Waals surface area contributed by atoms with E-state index in [4.69, 9.17) is 4.74 Å². The summed E-state index contributed by atoms with van der Waals surface area (Å²) in [6.45, 7) is 3.45. The second-order valence-corrected chi connectivity index (χ2v) is 6.49. The smallest absolute Gasteiger partial charge is 0.416 e. The number of halogens is 3. The Morgan fingerprint density at radius 1 is 1.04 bits per heavy atom. The molecule has 1 atom stereocenters. The number of carbonyl (C=O) groups is 2. The predicted octanol–water partition coefficient (Wildman–Crippen LogP) is 4.11. The maximum atomic E-state index is 12.8. The van der Waals surface area contributed by atoms with Crippen molar-refractivity contribution in [2.75, 3.05) is 12.4 Å². The molecule has 8 heteroatoms. The Balaban J connectivity index is 2.12. The standard InChI is InChI=1S/C20H21F3N2O3/c1-12(2)17(25-18(26)13-7-9-16(28-3)10-8-13)19(27)24-15-6-4-5-14(11-15)20(21,22)23/h4-12,17H,1-3H3,(H,24,27)(H,25,26)/t17-/m0/s1. The molecule has 0 heterocycles. The summed E-state index contributed by atoms with van der Waals surface area (Å²) >= 11 is 0. The third kappa shape index (κ3) is 5.48. The SMILES string of the molecule is COc1ccc(C(=O)N[C@H](C(=O)Nc2cccc(C(F)(F)F)c2)C(C)C)cc1. The fourth-order valence-electron chi connectivity index (χ4n) is 2.50. The largest absolute Gasteiger partial charge is 0.497 e. The van der Waals surface area contributed by atoms with Crippen LogP contribution in [0.15, 0.2) is 48.5 Å². The second kappa shape index (κ2) is 8.77. The Labute approximate surface area is 160 Å². The third-order valence-electron chi connectivity index (χ3n) is 4.05. The fraction of sp³-hybridized carbons (Fsp3) is 0.300. The van der Waals surface area contributed by atoms with Crippen molar-refractivity contribution in [3.05, 3.63) is 59.7 Å². The van der Waals surface area contributed by atoms with Crippen molar-refractivity contribution in [2.24, 2.45) is 5.92 Å². The summed E-state index contributed by atoms with van der Waals surface area (Å²) in [5.41, 5.74) is -0.531. The van der Waals surface area contributed by atoms with Gasteiger partial charge in [-0.25, -0.2) is 0 Å². The van der Waals surface area contributed by atoms with Gasteiger partial charge >= 0.3 is 6.18 Å². The lowest BCUT2D eigenvalue weighted by molar-refractivity contribution is -0.137. The summed E-state index contributed by atoms with van der Waals surface area (Å²) in [4.78, 5) is 25.0. The molecule has 2 N–H and O–H groups in total. The highest BCUT2D eigenvalue weighted by Crippen LogP contribution is 2.30. The van der Waals surface area contributed by atoms with E-state index in [2.05, 4.69) is 10.6 Å². The van der Waals surface area contributed by atoms with E-state index in [0.717, 1.165) is 12.1 Å². The van der Waals surface area contributed by atoms with Gasteiger partial charge in [-0.3, -0.25) is 9.59 Å². The van der Waals surface area contributed by atoms with Crippen LogP contribution in [0.2, 0.25) is 0 Å². The number of alkyl halides is 3. The van der Waals surface area contributed by atoms with Crippen molar-refractivity contribution in [3.63, 3.8) is 0 Å². The molecular formula is C20H21F3N2O3. The number of rotatable bonds is 6. The molecule has 0 aromatic heterocycles. The molecule has 2 aromatic rings. The number of anilines is 1. The van der Waals surface area contributed by atoms with Crippen LogP contribution in [0.4, 0.5) is 18.9 Å². The normalized spacial score (nSPS) is 12.4. The van der Waals surface area contributed by atoms with Crippen LogP contribution in [-0.2, 0) is 11.0 Å². The minimum atomic E-state index is -4.51. The van der Waals surface area contributed by atoms with Gasteiger partial charge in [-0.15, -0.1) is 0 Å². The van der Waals surface area contributed by atoms with E-state index >= 15 is 0 Å². The minimum Gasteiger partial charge on any atom is -0.497 e. The monoisotopic (exact) mass is 394 g/mol. The Kier molecular flexibility index (Phi) is 6.66. The molecule has 0 aliphatic heterocycles. The molecule has 28 heavy (non-hydrogen) atoms. The first-order chi connectivity index (χ1) is 13.1. The van der Waals surface area contributed by atoms with Crippen LogP contribution in [-0.4, -0.2) is 25.0 Å². The first kappa shape index (κ1) is 21.3. The van der Waals surface area contributed by atoms with Crippen molar-refractivity contribution >= 4 is 17.5 Å². The summed E-state index contributed by atoms with van der Waals surface area (Å²) in [5, 5.41) is 5.06. The lowest BCUT2D eigenvalue weighted by Gasteiger charge is -2.22. The zero-order valence-electron chi connectivity index (χ0n) is 15.6. The molecule has 0 radical (unpaired) electrons. The zero-order chi connectivity index (χ0) is 20.9.